The lowest BCUT2D eigenvalue weighted by Gasteiger charge is -2.33. The van der Waals surface area contributed by atoms with Crippen LogP contribution in [0.25, 0.3) is 0 Å². The summed E-state index contributed by atoms with van der Waals surface area (Å²) in [6, 6.07) is 2.44. The van der Waals surface area contributed by atoms with Gasteiger partial charge in [-0.15, -0.1) is 11.6 Å². The van der Waals surface area contributed by atoms with Gasteiger partial charge < -0.3 is 4.90 Å². The van der Waals surface area contributed by atoms with E-state index < -0.39 is 21.7 Å². The van der Waals surface area contributed by atoms with Crippen LogP contribution in [-0.4, -0.2) is 55.6 Å². The highest BCUT2D eigenvalue weighted by molar-refractivity contribution is 7.89. The van der Waals surface area contributed by atoms with Crippen LogP contribution < -0.4 is 0 Å². The fourth-order valence-corrected chi connectivity index (χ4v) is 3.65. The van der Waals surface area contributed by atoms with Crippen LogP contribution in [0.1, 0.15) is 0 Å². The summed E-state index contributed by atoms with van der Waals surface area (Å²) in [4.78, 5) is 12.6. The van der Waals surface area contributed by atoms with Crippen molar-refractivity contribution in [2.75, 3.05) is 32.1 Å². The number of nitrogens with zero attached hydrogens (tertiary/aromatic N) is 2. The zero-order valence-corrected chi connectivity index (χ0v) is 12.5. The summed E-state index contributed by atoms with van der Waals surface area (Å²) in [6.07, 6.45) is 0. The minimum Gasteiger partial charge on any atom is -0.339 e. The SMILES string of the molecule is O=C(CCl)N1CCN(S(=O)(=O)c2ccc(F)c(F)c2)CC1. The topological polar surface area (TPSA) is 57.7 Å². The first-order valence-electron chi connectivity index (χ1n) is 6.15. The molecule has 1 amide bonds. The van der Waals surface area contributed by atoms with E-state index in [0.717, 1.165) is 16.4 Å². The van der Waals surface area contributed by atoms with Crippen molar-refractivity contribution in [3.8, 4) is 0 Å². The molecule has 9 heteroatoms. The molecule has 1 aromatic carbocycles. The van der Waals surface area contributed by atoms with Crippen LogP contribution in [0.3, 0.4) is 0 Å². The lowest BCUT2D eigenvalue weighted by Crippen LogP contribution is -2.50. The summed E-state index contributed by atoms with van der Waals surface area (Å²) in [7, 11) is -3.90. The highest BCUT2D eigenvalue weighted by Gasteiger charge is 2.30. The molecule has 0 aromatic heterocycles. The number of sulfonamides is 1. The lowest BCUT2D eigenvalue weighted by atomic mass is 10.3. The molecule has 5 nitrogen and oxygen atoms in total. The van der Waals surface area contributed by atoms with Crippen molar-refractivity contribution in [1.29, 1.82) is 0 Å². The van der Waals surface area contributed by atoms with E-state index in [-0.39, 0.29) is 42.9 Å². The molecule has 1 aliphatic rings. The van der Waals surface area contributed by atoms with Crippen molar-refractivity contribution in [1.82, 2.24) is 9.21 Å². The van der Waals surface area contributed by atoms with Gasteiger partial charge in [-0.25, -0.2) is 17.2 Å². The van der Waals surface area contributed by atoms with Crippen molar-refractivity contribution in [2.45, 2.75) is 4.90 Å². The molecule has 0 spiro atoms. The number of rotatable bonds is 3. The minimum absolute atomic E-state index is 0.0873. The molecule has 1 fully saturated rings. The molecule has 1 heterocycles. The highest BCUT2D eigenvalue weighted by Crippen LogP contribution is 2.20. The number of hydrogen-bond acceptors (Lipinski definition) is 3. The zero-order valence-electron chi connectivity index (χ0n) is 10.9. The van der Waals surface area contributed by atoms with Gasteiger partial charge in [-0.05, 0) is 18.2 Å². The number of piperazine rings is 1. The lowest BCUT2D eigenvalue weighted by molar-refractivity contribution is -0.129. The molecule has 1 aromatic rings. The number of carbonyl (C=O) groups excluding carboxylic acids is 1. The van der Waals surface area contributed by atoms with Gasteiger partial charge in [0, 0.05) is 26.2 Å². The Labute approximate surface area is 126 Å². The molecule has 0 atom stereocenters. The summed E-state index contributed by atoms with van der Waals surface area (Å²) in [5.74, 6) is -2.74. The van der Waals surface area contributed by atoms with Crippen LogP contribution in [0, 0.1) is 11.6 Å². The van der Waals surface area contributed by atoms with Gasteiger partial charge in [0.25, 0.3) is 0 Å². The molecule has 21 heavy (non-hydrogen) atoms. The monoisotopic (exact) mass is 338 g/mol. The number of carbonyl (C=O) groups is 1. The normalized spacial score (nSPS) is 17.0. The Morgan fingerprint density at radius 2 is 1.76 bits per heavy atom. The first-order chi connectivity index (χ1) is 9.86. The molecule has 0 bridgehead atoms. The summed E-state index contributed by atoms with van der Waals surface area (Å²) >= 11 is 5.44. The Morgan fingerprint density at radius 3 is 2.29 bits per heavy atom. The van der Waals surface area contributed by atoms with E-state index in [9.17, 15) is 22.0 Å². The largest absolute Gasteiger partial charge is 0.339 e. The van der Waals surface area contributed by atoms with Gasteiger partial charge in [-0.2, -0.15) is 4.31 Å². The van der Waals surface area contributed by atoms with Gasteiger partial charge in [0.1, 0.15) is 5.88 Å². The fourth-order valence-electron chi connectivity index (χ4n) is 2.05. The zero-order chi connectivity index (χ0) is 15.6. The third-order valence-corrected chi connectivity index (χ3v) is 5.36. The van der Waals surface area contributed by atoms with Gasteiger partial charge >= 0.3 is 0 Å². The molecule has 0 radical (unpaired) electrons. The van der Waals surface area contributed by atoms with E-state index in [4.69, 9.17) is 11.6 Å². The van der Waals surface area contributed by atoms with Crippen LogP contribution in [0.15, 0.2) is 23.1 Å². The van der Waals surface area contributed by atoms with Crippen LogP contribution in [0.2, 0.25) is 0 Å². The molecular weight excluding hydrogens is 326 g/mol. The predicted octanol–water partition coefficient (Wildman–Crippen LogP) is 1.04. The van der Waals surface area contributed by atoms with E-state index in [0.29, 0.717) is 6.07 Å². The van der Waals surface area contributed by atoms with E-state index in [1.807, 2.05) is 0 Å². The Balaban J connectivity index is 2.14. The molecular formula is C12H13ClF2N2O3S. The average Bonchev–Trinajstić information content (AvgIpc) is 2.49. The van der Waals surface area contributed by atoms with Gasteiger partial charge in [-0.1, -0.05) is 0 Å². The third kappa shape index (κ3) is 3.33. The van der Waals surface area contributed by atoms with E-state index >= 15 is 0 Å². The Kier molecular flexibility index (Phi) is 4.80. The molecule has 0 aliphatic carbocycles. The molecule has 1 saturated heterocycles. The van der Waals surface area contributed by atoms with Crippen LogP contribution >= 0.6 is 11.6 Å². The smallest absolute Gasteiger partial charge is 0.243 e. The molecule has 0 unspecified atom stereocenters. The van der Waals surface area contributed by atoms with Crippen molar-refractivity contribution in [3.63, 3.8) is 0 Å². The second-order valence-electron chi connectivity index (χ2n) is 4.49. The van der Waals surface area contributed by atoms with Crippen molar-refractivity contribution in [2.24, 2.45) is 0 Å². The Bertz CT molecular complexity index is 646. The van der Waals surface area contributed by atoms with Gasteiger partial charge in [-0.3, -0.25) is 4.79 Å². The molecule has 0 saturated carbocycles. The van der Waals surface area contributed by atoms with Crippen molar-refractivity contribution < 1.29 is 22.0 Å². The number of benzene rings is 1. The van der Waals surface area contributed by atoms with Gasteiger partial charge in [0.05, 0.1) is 4.90 Å². The first-order valence-corrected chi connectivity index (χ1v) is 8.12. The molecule has 0 N–H and O–H groups in total. The van der Waals surface area contributed by atoms with Crippen LogP contribution in [0.4, 0.5) is 8.78 Å². The number of alkyl halides is 1. The van der Waals surface area contributed by atoms with Gasteiger partial charge in [0.15, 0.2) is 11.6 Å². The van der Waals surface area contributed by atoms with E-state index in [2.05, 4.69) is 0 Å². The van der Waals surface area contributed by atoms with Gasteiger partial charge in [0.2, 0.25) is 15.9 Å². The maximum atomic E-state index is 13.2. The average molecular weight is 339 g/mol. The first kappa shape index (κ1) is 16.1. The number of halogens is 3. The quantitative estimate of drug-likeness (QED) is 0.774. The van der Waals surface area contributed by atoms with Crippen molar-refractivity contribution >= 4 is 27.5 Å². The summed E-state index contributed by atoms with van der Waals surface area (Å²) in [5.41, 5.74) is 0. The second kappa shape index (κ2) is 6.25. The fraction of sp³-hybridized carbons (Fsp3) is 0.417. The molecule has 116 valence electrons. The second-order valence-corrected chi connectivity index (χ2v) is 6.70. The molecule has 1 aliphatic heterocycles. The highest BCUT2D eigenvalue weighted by atomic mass is 35.5. The van der Waals surface area contributed by atoms with Crippen molar-refractivity contribution in [3.05, 3.63) is 29.8 Å². The van der Waals surface area contributed by atoms with Crippen LogP contribution in [-0.2, 0) is 14.8 Å². The maximum Gasteiger partial charge on any atom is 0.243 e. The van der Waals surface area contributed by atoms with E-state index in [1.54, 1.807) is 0 Å². The Hall–Kier alpha value is -1.25. The number of amides is 1. The predicted molar refractivity (Wildman–Crippen MR) is 72.4 cm³/mol. The minimum atomic E-state index is -3.90. The Morgan fingerprint density at radius 1 is 1.14 bits per heavy atom. The summed E-state index contributed by atoms with van der Waals surface area (Å²) in [5, 5.41) is 0. The number of hydrogen-bond donors (Lipinski definition) is 0. The standard InChI is InChI=1S/C12H13ClF2N2O3S/c13-8-12(18)16-3-5-17(6-4-16)21(19,20)9-1-2-10(14)11(15)7-9/h1-2,7H,3-6,8H2. The van der Waals surface area contributed by atoms with E-state index in [1.165, 1.54) is 4.90 Å². The third-order valence-electron chi connectivity index (χ3n) is 3.23. The van der Waals surface area contributed by atoms with Crippen LogP contribution in [0.5, 0.6) is 0 Å². The maximum absolute atomic E-state index is 13.2. The summed E-state index contributed by atoms with van der Waals surface area (Å²) in [6.45, 7) is 0.608. The molecule has 2 rings (SSSR count). The summed E-state index contributed by atoms with van der Waals surface area (Å²) < 4.78 is 51.8.